The maximum Gasteiger partial charge on any atom is 0.243 e. The topological polar surface area (TPSA) is 97.4 Å². The van der Waals surface area contributed by atoms with Crippen LogP contribution in [0.1, 0.15) is 35.7 Å². The number of fused-ring (bicyclic) bond motifs is 1. The first-order valence-corrected chi connectivity index (χ1v) is 11.0. The number of hydrogen-bond donors (Lipinski definition) is 2. The van der Waals surface area contributed by atoms with E-state index in [0.717, 1.165) is 18.2 Å². The van der Waals surface area contributed by atoms with Crippen LogP contribution in [-0.4, -0.2) is 39.7 Å². The molecule has 0 radical (unpaired) electrons. The number of nitrogen functional groups attached to an aromatic ring is 1. The molecule has 0 unspecified atom stereocenters. The standard InChI is InChI=1S/C24H24ClFN4O3/c1-14(31)19-11-29(21-9-16(27)5-8-18(19)21)13-23(33)30(17-6-7-17)12-22(32)28-10-15-3-2-4-20(25)24(15)26/h2-5,8-9,11,17H,6-7,10,12-13,27H2,1H3,(H,28,32). The molecule has 1 heterocycles. The molecule has 7 nitrogen and oxygen atoms in total. The zero-order valence-electron chi connectivity index (χ0n) is 18.1. The third kappa shape index (κ3) is 5.01. The number of carbonyl (C=O) groups is 3. The number of carbonyl (C=O) groups excluding carboxylic acids is 3. The summed E-state index contributed by atoms with van der Waals surface area (Å²) in [6.45, 7) is 1.29. The van der Waals surface area contributed by atoms with Gasteiger partial charge in [-0.3, -0.25) is 14.4 Å². The molecule has 33 heavy (non-hydrogen) atoms. The van der Waals surface area contributed by atoms with Gasteiger partial charge in [0.05, 0.1) is 17.1 Å². The summed E-state index contributed by atoms with van der Waals surface area (Å²) in [6.07, 6.45) is 3.29. The van der Waals surface area contributed by atoms with Gasteiger partial charge >= 0.3 is 0 Å². The molecule has 1 aliphatic rings. The van der Waals surface area contributed by atoms with Gasteiger partial charge in [-0.15, -0.1) is 0 Å². The number of rotatable bonds is 8. The molecule has 4 rings (SSSR count). The normalized spacial score (nSPS) is 13.2. The fourth-order valence-electron chi connectivity index (χ4n) is 3.85. The van der Waals surface area contributed by atoms with Crippen LogP contribution >= 0.6 is 11.6 Å². The molecule has 0 saturated heterocycles. The summed E-state index contributed by atoms with van der Waals surface area (Å²) < 4.78 is 15.7. The van der Waals surface area contributed by atoms with E-state index in [2.05, 4.69) is 5.32 Å². The van der Waals surface area contributed by atoms with Crippen LogP contribution < -0.4 is 11.1 Å². The summed E-state index contributed by atoms with van der Waals surface area (Å²) in [5.41, 5.74) is 7.90. The molecule has 1 aliphatic carbocycles. The Morgan fingerprint density at radius 3 is 2.70 bits per heavy atom. The Morgan fingerprint density at radius 2 is 2.00 bits per heavy atom. The average molecular weight is 471 g/mol. The van der Waals surface area contributed by atoms with Gasteiger partial charge in [0.25, 0.3) is 0 Å². The van der Waals surface area contributed by atoms with Gasteiger partial charge in [0.1, 0.15) is 12.4 Å². The Hall–Kier alpha value is -3.39. The second kappa shape index (κ2) is 9.23. The van der Waals surface area contributed by atoms with Crippen molar-refractivity contribution in [3.63, 3.8) is 0 Å². The van der Waals surface area contributed by atoms with Crippen LogP contribution in [0.15, 0.2) is 42.6 Å². The Bertz CT molecular complexity index is 1250. The number of nitrogens with two attached hydrogens (primary N) is 1. The third-order valence-corrected chi connectivity index (χ3v) is 6.01. The second-order valence-corrected chi connectivity index (χ2v) is 8.65. The molecule has 9 heteroatoms. The molecule has 2 amide bonds. The first-order valence-electron chi connectivity index (χ1n) is 10.6. The van der Waals surface area contributed by atoms with Crippen molar-refractivity contribution in [2.75, 3.05) is 12.3 Å². The average Bonchev–Trinajstić information content (AvgIpc) is 3.55. The largest absolute Gasteiger partial charge is 0.399 e. The Balaban J connectivity index is 1.47. The number of Topliss-reactive ketones (excluding diaryl/α,β-unsaturated/α-hetero) is 1. The molecule has 0 bridgehead atoms. The summed E-state index contributed by atoms with van der Waals surface area (Å²) in [4.78, 5) is 39.3. The van der Waals surface area contributed by atoms with Gasteiger partial charge in [-0.25, -0.2) is 4.39 Å². The van der Waals surface area contributed by atoms with Crippen molar-refractivity contribution in [1.29, 1.82) is 0 Å². The molecule has 2 aromatic carbocycles. The first-order chi connectivity index (χ1) is 15.7. The number of amides is 2. The molecule has 0 spiro atoms. The summed E-state index contributed by atoms with van der Waals surface area (Å²) in [7, 11) is 0. The summed E-state index contributed by atoms with van der Waals surface area (Å²) >= 11 is 5.78. The molecule has 1 saturated carbocycles. The predicted octanol–water partition coefficient (Wildman–Crippen LogP) is 3.53. The van der Waals surface area contributed by atoms with Crippen molar-refractivity contribution in [3.05, 3.63) is 64.6 Å². The van der Waals surface area contributed by atoms with Crippen molar-refractivity contribution in [3.8, 4) is 0 Å². The van der Waals surface area contributed by atoms with Crippen LogP contribution in [-0.2, 0) is 22.7 Å². The van der Waals surface area contributed by atoms with Crippen molar-refractivity contribution in [1.82, 2.24) is 14.8 Å². The minimum atomic E-state index is -0.574. The molecule has 1 aromatic heterocycles. The third-order valence-electron chi connectivity index (χ3n) is 5.72. The van der Waals surface area contributed by atoms with Crippen LogP contribution in [0.5, 0.6) is 0 Å². The van der Waals surface area contributed by atoms with E-state index in [9.17, 15) is 18.8 Å². The van der Waals surface area contributed by atoms with Crippen molar-refractivity contribution >= 4 is 45.8 Å². The molecule has 3 aromatic rings. The second-order valence-electron chi connectivity index (χ2n) is 8.25. The Morgan fingerprint density at radius 1 is 1.24 bits per heavy atom. The van der Waals surface area contributed by atoms with Crippen molar-refractivity contribution < 1.29 is 18.8 Å². The summed E-state index contributed by atoms with van der Waals surface area (Å²) in [5.74, 6) is -1.31. The molecule has 172 valence electrons. The van der Waals surface area contributed by atoms with Crippen LogP contribution in [0, 0.1) is 5.82 Å². The highest BCUT2D eigenvalue weighted by Crippen LogP contribution is 2.28. The molecule has 1 fully saturated rings. The van der Waals surface area contributed by atoms with Crippen molar-refractivity contribution in [2.45, 2.75) is 38.9 Å². The highest BCUT2D eigenvalue weighted by Gasteiger charge is 2.34. The van der Waals surface area contributed by atoms with E-state index in [1.807, 2.05) is 0 Å². The van der Waals surface area contributed by atoms with Crippen LogP contribution in [0.2, 0.25) is 5.02 Å². The highest BCUT2D eigenvalue weighted by molar-refractivity contribution is 6.30. The van der Waals surface area contributed by atoms with Gasteiger partial charge < -0.3 is 20.5 Å². The van der Waals surface area contributed by atoms with E-state index in [0.29, 0.717) is 16.8 Å². The number of aromatic nitrogens is 1. The van der Waals surface area contributed by atoms with Crippen LogP contribution in [0.3, 0.4) is 0 Å². The molecule has 0 atom stereocenters. The maximum atomic E-state index is 14.1. The smallest absolute Gasteiger partial charge is 0.243 e. The van der Waals surface area contributed by atoms with E-state index in [1.54, 1.807) is 41.1 Å². The minimum Gasteiger partial charge on any atom is -0.399 e. The van der Waals surface area contributed by atoms with Crippen molar-refractivity contribution in [2.24, 2.45) is 0 Å². The Kier molecular flexibility index (Phi) is 6.37. The highest BCUT2D eigenvalue weighted by atomic mass is 35.5. The zero-order chi connectivity index (χ0) is 23.7. The number of halogens is 2. The first kappa shape index (κ1) is 22.8. The van der Waals surface area contributed by atoms with E-state index in [1.165, 1.54) is 17.9 Å². The number of hydrogen-bond acceptors (Lipinski definition) is 4. The van der Waals surface area contributed by atoms with E-state index < -0.39 is 5.82 Å². The fraction of sp³-hybridized carbons (Fsp3) is 0.292. The van der Waals surface area contributed by atoms with Crippen LogP contribution in [0.4, 0.5) is 10.1 Å². The van der Waals surface area contributed by atoms with E-state index in [-0.39, 0.29) is 53.9 Å². The predicted molar refractivity (Wildman–Crippen MR) is 124 cm³/mol. The lowest BCUT2D eigenvalue weighted by atomic mass is 10.1. The lowest BCUT2D eigenvalue weighted by Gasteiger charge is -2.22. The number of benzene rings is 2. The van der Waals surface area contributed by atoms with Gasteiger partial charge in [-0.05, 0) is 38.0 Å². The number of ketones is 1. The lowest BCUT2D eigenvalue weighted by molar-refractivity contribution is -0.137. The monoisotopic (exact) mass is 470 g/mol. The van der Waals surface area contributed by atoms with Gasteiger partial charge in [-0.1, -0.05) is 29.8 Å². The van der Waals surface area contributed by atoms with Gasteiger partial charge in [0.2, 0.25) is 11.8 Å². The summed E-state index contributed by atoms with van der Waals surface area (Å²) in [5, 5.41) is 3.37. The quantitative estimate of drug-likeness (QED) is 0.389. The minimum absolute atomic E-state index is 0.00895. The van der Waals surface area contributed by atoms with Gasteiger partial charge in [-0.2, -0.15) is 0 Å². The van der Waals surface area contributed by atoms with E-state index >= 15 is 0 Å². The van der Waals surface area contributed by atoms with E-state index in [4.69, 9.17) is 17.3 Å². The molecule has 3 N–H and O–H groups in total. The fourth-order valence-corrected chi connectivity index (χ4v) is 4.05. The SMILES string of the molecule is CC(=O)c1cn(CC(=O)N(CC(=O)NCc2cccc(Cl)c2F)C2CC2)c2cc(N)ccc12. The Labute approximate surface area is 195 Å². The molecular weight excluding hydrogens is 447 g/mol. The number of anilines is 1. The molecule has 0 aliphatic heterocycles. The zero-order valence-corrected chi connectivity index (χ0v) is 18.9. The van der Waals surface area contributed by atoms with Gasteiger partial charge in [0.15, 0.2) is 5.78 Å². The summed E-state index contributed by atoms with van der Waals surface area (Å²) in [6, 6.07) is 9.78. The van der Waals surface area contributed by atoms with Crippen LogP contribution in [0.25, 0.3) is 10.9 Å². The maximum absolute atomic E-state index is 14.1. The number of nitrogens with one attached hydrogen (secondary N) is 1. The number of nitrogens with zero attached hydrogens (tertiary/aromatic N) is 2. The molecular formula is C24H24ClFN4O3. The lowest BCUT2D eigenvalue weighted by Crippen LogP contribution is -2.43. The van der Waals surface area contributed by atoms with Gasteiger partial charge in [0, 0.05) is 41.0 Å².